The summed E-state index contributed by atoms with van der Waals surface area (Å²) in [6.45, 7) is 8.29. The van der Waals surface area contributed by atoms with E-state index in [0.29, 0.717) is 6.04 Å². The molecule has 2 amide bonds. The van der Waals surface area contributed by atoms with Crippen LogP contribution in [0, 0.1) is 0 Å². The van der Waals surface area contributed by atoms with E-state index in [9.17, 15) is 4.79 Å². The fourth-order valence-electron chi connectivity index (χ4n) is 4.42. The number of aromatic nitrogens is 2. The van der Waals surface area contributed by atoms with Gasteiger partial charge in [0.25, 0.3) is 0 Å². The maximum atomic E-state index is 12.0. The summed E-state index contributed by atoms with van der Waals surface area (Å²) in [6, 6.07) is 10.1. The van der Waals surface area contributed by atoms with Gasteiger partial charge in [0, 0.05) is 56.1 Å². The number of morpholine rings is 1. The van der Waals surface area contributed by atoms with Gasteiger partial charge in [-0.3, -0.25) is 4.90 Å². The van der Waals surface area contributed by atoms with Crippen molar-refractivity contribution in [1.82, 2.24) is 25.1 Å². The van der Waals surface area contributed by atoms with Crippen LogP contribution < -0.4 is 15.5 Å². The number of carbonyl (C=O) groups excluding carboxylic acids is 1. The van der Waals surface area contributed by atoms with Crippen LogP contribution >= 0.6 is 0 Å². The Morgan fingerprint density at radius 1 is 1.03 bits per heavy atom. The lowest BCUT2D eigenvalue weighted by atomic mass is 10.2. The molecule has 2 saturated heterocycles. The molecule has 1 aromatic heterocycles. The monoisotopic (exact) mass is 465 g/mol. The average molecular weight is 466 g/mol. The molecule has 3 aliphatic rings. The van der Waals surface area contributed by atoms with Crippen LogP contribution in [-0.4, -0.2) is 91.4 Å². The molecule has 5 rings (SSSR count). The quantitative estimate of drug-likeness (QED) is 0.678. The lowest BCUT2D eigenvalue weighted by molar-refractivity contribution is 0.122. The van der Waals surface area contributed by atoms with Crippen LogP contribution in [0.3, 0.4) is 0 Å². The number of benzene rings is 1. The minimum atomic E-state index is -0.147. The minimum absolute atomic E-state index is 0.147. The summed E-state index contributed by atoms with van der Waals surface area (Å²) in [4.78, 5) is 29.1. The number of hydrogen-bond acceptors (Lipinski definition) is 7. The van der Waals surface area contributed by atoms with Crippen molar-refractivity contribution in [3.05, 3.63) is 36.0 Å². The number of carbonyl (C=O) groups is 1. The molecule has 0 spiro atoms. The van der Waals surface area contributed by atoms with E-state index in [1.165, 1.54) is 6.42 Å². The number of urea groups is 1. The Labute approximate surface area is 201 Å². The van der Waals surface area contributed by atoms with Gasteiger partial charge in [-0.2, -0.15) is 0 Å². The standard InChI is InChI=1S/C25H35N7O2/c1-30-9-2-10-31(12-11-30)18-22-17-23(32-13-15-34-16-14-32)29-24(26-22)19-3-5-20(6-4-19)27-25(33)28-21-7-8-21/h3-6,17,21H,2,7-16,18H2,1H3,(H2,27,28,33). The predicted octanol–water partition coefficient (Wildman–Crippen LogP) is 2.40. The Kier molecular flexibility index (Phi) is 7.22. The second-order valence-electron chi connectivity index (χ2n) is 9.52. The zero-order valence-electron chi connectivity index (χ0n) is 20.0. The summed E-state index contributed by atoms with van der Waals surface area (Å²) in [6.07, 6.45) is 3.31. The summed E-state index contributed by atoms with van der Waals surface area (Å²) in [5, 5.41) is 5.85. The zero-order chi connectivity index (χ0) is 23.3. The van der Waals surface area contributed by atoms with Crippen LogP contribution in [0.4, 0.5) is 16.3 Å². The second kappa shape index (κ2) is 10.7. The number of nitrogens with one attached hydrogen (secondary N) is 2. The zero-order valence-corrected chi connectivity index (χ0v) is 20.0. The van der Waals surface area contributed by atoms with E-state index in [1.54, 1.807) is 0 Å². The molecule has 9 heteroatoms. The van der Waals surface area contributed by atoms with Gasteiger partial charge in [-0.25, -0.2) is 14.8 Å². The molecule has 9 nitrogen and oxygen atoms in total. The number of nitrogens with zero attached hydrogens (tertiary/aromatic N) is 5. The van der Waals surface area contributed by atoms with Crippen molar-refractivity contribution < 1.29 is 9.53 Å². The predicted molar refractivity (Wildman–Crippen MR) is 133 cm³/mol. The molecule has 0 atom stereocenters. The highest BCUT2D eigenvalue weighted by Crippen LogP contribution is 2.24. The summed E-state index contributed by atoms with van der Waals surface area (Å²) in [7, 11) is 2.19. The van der Waals surface area contributed by atoms with Crippen molar-refractivity contribution in [2.75, 3.05) is 69.7 Å². The molecule has 2 aromatic rings. The van der Waals surface area contributed by atoms with Gasteiger partial charge in [0.1, 0.15) is 5.82 Å². The molecule has 3 heterocycles. The molecular weight excluding hydrogens is 430 g/mol. The normalized spacial score (nSPS) is 20.1. The Morgan fingerprint density at radius 2 is 1.82 bits per heavy atom. The largest absolute Gasteiger partial charge is 0.378 e. The fourth-order valence-corrected chi connectivity index (χ4v) is 4.42. The van der Waals surface area contributed by atoms with Gasteiger partial charge in [-0.15, -0.1) is 0 Å². The first-order valence-electron chi connectivity index (χ1n) is 12.4. The number of likely N-dealkylation sites (N-methyl/N-ethyl adjacent to an activating group) is 1. The topological polar surface area (TPSA) is 85.9 Å². The van der Waals surface area contributed by atoms with E-state index in [2.05, 4.69) is 38.4 Å². The first-order valence-corrected chi connectivity index (χ1v) is 12.4. The highest BCUT2D eigenvalue weighted by molar-refractivity contribution is 5.89. The van der Waals surface area contributed by atoms with E-state index in [1.807, 2.05) is 24.3 Å². The summed E-state index contributed by atoms with van der Waals surface area (Å²) in [5.41, 5.74) is 2.75. The first-order chi connectivity index (χ1) is 16.6. The van der Waals surface area contributed by atoms with Crippen LogP contribution in [0.1, 0.15) is 25.0 Å². The Bertz CT molecular complexity index is 974. The number of anilines is 2. The Hall–Kier alpha value is -2.75. The van der Waals surface area contributed by atoms with Gasteiger partial charge in [-0.1, -0.05) is 0 Å². The molecule has 1 aromatic carbocycles. The first kappa shape index (κ1) is 23.0. The van der Waals surface area contributed by atoms with Crippen LogP contribution in [-0.2, 0) is 11.3 Å². The van der Waals surface area contributed by atoms with Gasteiger partial charge >= 0.3 is 6.03 Å². The number of hydrogen-bond donors (Lipinski definition) is 2. The smallest absolute Gasteiger partial charge is 0.319 e. The van der Waals surface area contributed by atoms with Crippen molar-refractivity contribution in [3.63, 3.8) is 0 Å². The Balaban J connectivity index is 1.35. The third kappa shape index (κ3) is 6.22. The molecule has 2 N–H and O–H groups in total. The van der Waals surface area contributed by atoms with Crippen molar-refractivity contribution in [2.45, 2.75) is 31.8 Å². The average Bonchev–Trinajstić information content (AvgIpc) is 3.69. The van der Waals surface area contributed by atoms with E-state index in [-0.39, 0.29) is 6.03 Å². The van der Waals surface area contributed by atoms with Gasteiger partial charge in [0.05, 0.1) is 18.9 Å². The Morgan fingerprint density at radius 3 is 2.59 bits per heavy atom. The van der Waals surface area contributed by atoms with Gasteiger partial charge in [-0.05, 0) is 63.7 Å². The molecule has 0 radical (unpaired) electrons. The third-order valence-electron chi connectivity index (χ3n) is 6.61. The van der Waals surface area contributed by atoms with E-state index in [0.717, 1.165) is 100 Å². The summed E-state index contributed by atoms with van der Waals surface area (Å²) in [5.74, 6) is 1.68. The molecule has 3 fully saturated rings. The van der Waals surface area contributed by atoms with Crippen LogP contribution in [0.25, 0.3) is 11.4 Å². The molecule has 2 aliphatic heterocycles. The second-order valence-corrected chi connectivity index (χ2v) is 9.52. The number of rotatable bonds is 6. The third-order valence-corrected chi connectivity index (χ3v) is 6.61. The van der Waals surface area contributed by atoms with Gasteiger partial charge in [0.15, 0.2) is 5.82 Å². The molecular formula is C25H35N7O2. The van der Waals surface area contributed by atoms with E-state index < -0.39 is 0 Å². The van der Waals surface area contributed by atoms with Crippen LogP contribution in [0.15, 0.2) is 30.3 Å². The van der Waals surface area contributed by atoms with Crippen molar-refractivity contribution in [2.24, 2.45) is 0 Å². The molecule has 34 heavy (non-hydrogen) atoms. The van der Waals surface area contributed by atoms with Crippen molar-refractivity contribution >= 4 is 17.5 Å². The SMILES string of the molecule is CN1CCCN(Cc2cc(N3CCOCC3)nc(-c3ccc(NC(=O)NC4CC4)cc3)n2)CC1. The lowest BCUT2D eigenvalue weighted by Crippen LogP contribution is -2.37. The molecule has 182 valence electrons. The van der Waals surface area contributed by atoms with Crippen LogP contribution in [0.5, 0.6) is 0 Å². The van der Waals surface area contributed by atoms with Gasteiger partial charge < -0.3 is 25.2 Å². The molecule has 0 bridgehead atoms. The maximum Gasteiger partial charge on any atom is 0.319 e. The minimum Gasteiger partial charge on any atom is -0.378 e. The van der Waals surface area contributed by atoms with Gasteiger partial charge in [0.2, 0.25) is 0 Å². The number of amides is 2. The maximum absolute atomic E-state index is 12.0. The summed E-state index contributed by atoms with van der Waals surface area (Å²) >= 11 is 0. The molecule has 0 unspecified atom stereocenters. The highest BCUT2D eigenvalue weighted by atomic mass is 16.5. The van der Waals surface area contributed by atoms with Crippen molar-refractivity contribution in [1.29, 1.82) is 0 Å². The van der Waals surface area contributed by atoms with Crippen molar-refractivity contribution in [3.8, 4) is 11.4 Å². The fraction of sp³-hybridized carbons (Fsp3) is 0.560. The molecule has 1 saturated carbocycles. The van der Waals surface area contributed by atoms with Crippen LogP contribution in [0.2, 0.25) is 0 Å². The highest BCUT2D eigenvalue weighted by Gasteiger charge is 2.23. The summed E-state index contributed by atoms with van der Waals surface area (Å²) < 4.78 is 5.55. The number of ether oxygens (including phenoxy) is 1. The molecule has 1 aliphatic carbocycles. The van der Waals surface area contributed by atoms with E-state index in [4.69, 9.17) is 14.7 Å². The van der Waals surface area contributed by atoms with E-state index >= 15 is 0 Å². The lowest BCUT2D eigenvalue weighted by Gasteiger charge is -2.28.